The van der Waals surface area contributed by atoms with Crippen LogP contribution >= 0.6 is 0 Å². The first-order valence-corrected chi connectivity index (χ1v) is 0.842. The Morgan fingerprint density at radius 2 is 1.00 bits per heavy atom. The summed E-state index contributed by atoms with van der Waals surface area (Å²) in [5, 5.41) is 0. The molecule has 0 aromatic carbocycles. The van der Waals surface area contributed by atoms with E-state index in [9.17, 15) is 0 Å². The Balaban J connectivity index is -0.00000000167. The molecule has 0 unspecified atom stereocenters. The van der Waals surface area contributed by atoms with E-state index >= 15 is 0 Å². The predicted molar refractivity (Wildman–Crippen MR) is 16.5 cm³/mol. The van der Waals surface area contributed by atoms with Crippen molar-refractivity contribution >= 4 is 24.4 Å². The molecule has 0 bridgehead atoms. The fourth-order valence-electron chi connectivity index (χ4n) is 0. The van der Waals surface area contributed by atoms with Gasteiger partial charge in [-0.3, -0.25) is 0 Å². The Labute approximate surface area is 58.9 Å². The fourth-order valence-corrected chi connectivity index (χ4v) is 0. The van der Waals surface area contributed by atoms with Crippen LogP contribution in [0.3, 0.4) is 0 Å². The van der Waals surface area contributed by atoms with E-state index in [-0.39, 0.29) is 35.4 Å². The van der Waals surface area contributed by atoms with Gasteiger partial charge in [0, 0.05) is 0 Å². The molecule has 0 fully saturated rings. The molecule has 0 aliphatic carbocycles. The molecular formula is H6O3SbTi. The summed E-state index contributed by atoms with van der Waals surface area (Å²) in [4.78, 5) is 0. The third-order valence-electron chi connectivity index (χ3n) is 0. The van der Waals surface area contributed by atoms with Crippen molar-refractivity contribution in [2.24, 2.45) is 0 Å². The van der Waals surface area contributed by atoms with Gasteiger partial charge in [0.05, 0.1) is 0 Å². The van der Waals surface area contributed by atoms with Crippen molar-refractivity contribution in [3.05, 3.63) is 0 Å². The van der Waals surface area contributed by atoms with E-state index in [0.717, 1.165) is 20.4 Å². The van der Waals surface area contributed by atoms with Crippen LogP contribution in [0, 0.1) is 0 Å². The van der Waals surface area contributed by atoms with Crippen LogP contribution in [0.5, 0.6) is 0 Å². The van der Waals surface area contributed by atoms with Gasteiger partial charge in [-0.25, -0.2) is 0 Å². The van der Waals surface area contributed by atoms with Crippen LogP contribution in [-0.2, 0) is 23.7 Å². The number of hydrogen-bond donors (Lipinski definition) is 0. The van der Waals surface area contributed by atoms with Gasteiger partial charge >= 0.3 is 48.2 Å². The molecule has 0 aliphatic rings. The van der Waals surface area contributed by atoms with Crippen LogP contribution in [-0.4, -0.2) is 35.4 Å². The number of rotatable bonds is 0. The average molecular weight is 224 g/mol. The van der Waals surface area contributed by atoms with Crippen LogP contribution in [0.4, 0.5) is 0 Å². The van der Waals surface area contributed by atoms with Crippen LogP contribution in [0.1, 0.15) is 0 Å². The predicted octanol–water partition coefficient (Wildman–Crippen LogP) is -2.69. The molecule has 5 heavy (non-hydrogen) atoms. The quantitative estimate of drug-likeness (QED) is 0.412. The van der Waals surface area contributed by atoms with Crippen molar-refractivity contribution in [1.82, 2.24) is 0 Å². The minimum absolute atomic E-state index is 0. The van der Waals surface area contributed by atoms with Gasteiger partial charge in [0.1, 0.15) is 0 Å². The van der Waals surface area contributed by atoms with Gasteiger partial charge in [0.25, 0.3) is 0 Å². The molecule has 0 aromatic heterocycles. The summed E-state index contributed by atoms with van der Waals surface area (Å²) in [7, 11) is 0. The first-order chi connectivity index (χ1) is 1.00. The minimum atomic E-state index is 0. The van der Waals surface area contributed by atoms with Crippen LogP contribution in [0.25, 0.3) is 0 Å². The summed E-state index contributed by atoms with van der Waals surface area (Å²) in [6.45, 7) is 0. The summed E-state index contributed by atoms with van der Waals surface area (Å²) in [5.41, 5.74) is 0. The van der Waals surface area contributed by atoms with E-state index in [1.54, 1.807) is 0 Å². The molecule has 0 amide bonds. The molecule has 0 rings (SSSR count). The van der Waals surface area contributed by atoms with Crippen molar-refractivity contribution in [2.45, 2.75) is 0 Å². The molecule has 33 valence electrons. The zero-order valence-electron chi connectivity index (χ0n) is 2.49. The Bertz CT molecular complexity index is 6.85. The zero-order chi connectivity index (χ0) is 2.00. The second-order valence-corrected chi connectivity index (χ2v) is 0. The molecule has 0 aliphatic heterocycles. The van der Waals surface area contributed by atoms with Crippen molar-refractivity contribution in [2.75, 3.05) is 0 Å². The van der Waals surface area contributed by atoms with Gasteiger partial charge in [-0.1, -0.05) is 0 Å². The zero-order valence-corrected chi connectivity index (χ0v) is 7.34. The monoisotopic (exact) mass is 223 g/mol. The summed E-state index contributed by atoms with van der Waals surface area (Å²) in [6.07, 6.45) is 0. The summed E-state index contributed by atoms with van der Waals surface area (Å²) >= 11 is 0.750. The second-order valence-electron chi connectivity index (χ2n) is 0. The average Bonchev–Trinajstić information content (AvgIpc) is 1.00. The van der Waals surface area contributed by atoms with Crippen molar-refractivity contribution in [1.29, 1.82) is 0 Å². The van der Waals surface area contributed by atoms with Crippen LogP contribution < -0.4 is 0 Å². The van der Waals surface area contributed by atoms with Crippen molar-refractivity contribution in [3.8, 4) is 0 Å². The van der Waals surface area contributed by atoms with E-state index in [1.807, 2.05) is 0 Å². The Hall–Kier alpha value is 1.25. The topological polar surface area (TPSA) is 80.1 Å². The summed E-state index contributed by atoms with van der Waals surface area (Å²) in [6, 6.07) is 0. The van der Waals surface area contributed by atoms with Gasteiger partial charge in [-0.05, 0) is 0 Å². The Kier molecular flexibility index (Phi) is 412. The molecule has 0 atom stereocenters. The van der Waals surface area contributed by atoms with Crippen LogP contribution in [0.15, 0.2) is 0 Å². The van der Waals surface area contributed by atoms with Crippen molar-refractivity contribution < 1.29 is 34.7 Å². The molecule has 0 saturated heterocycles. The maximum atomic E-state index is 8.25. The Morgan fingerprint density at radius 1 is 1.00 bits per heavy atom. The first-order valence-electron chi connectivity index (χ1n) is 0.204. The van der Waals surface area contributed by atoms with Gasteiger partial charge in [-0.2, -0.15) is 0 Å². The van der Waals surface area contributed by atoms with E-state index in [0.29, 0.717) is 0 Å². The number of hydrogen-bond acceptors (Lipinski definition) is 1. The van der Waals surface area contributed by atoms with Gasteiger partial charge in [0.15, 0.2) is 0 Å². The molecule has 1 radical (unpaired) electrons. The molecule has 0 saturated carbocycles. The second kappa shape index (κ2) is 60.5. The van der Waals surface area contributed by atoms with Crippen LogP contribution in [0.2, 0.25) is 0 Å². The van der Waals surface area contributed by atoms with E-state index in [4.69, 9.17) is 3.32 Å². The molecule has 0 heterocycles. The van der Waals surface area contributed by atoms with Gasteiger partial charge in [-0.15, -0.1) is 0 Å². The summed E-state index contributed by atoms with van der Waals surface area (Å²) in [5.74, 6) is 0. The van der Waals surface area contributed by atoms with Gasteiger partial charge in [0.2, 0.25) is 0 Å². The van der Waals surface area contributed by atoms with E-state index in [2.05, 4.69) is 0 Å². The molecule has 0 aromatic rings. The maximum absolute atomic E-state index is 8.25. The fraction of sp³-hybridized carbons (Fsp3) is 0. The Morgan fingerprint density at radius 3 is 1.00 bits per heavy atom. The molecule has 5 heteroatoms. The SMILES string of the molecule is O.O.[O]=[Ti].[SbH2]. The third-order valence-corrected chi connectivity index (χ3v) is 0. The molecular weight excluding hydrogens is 218 g/mol. The van der Waals surface area contributed by atoms with Crippen molar-refractivity contribution in [3.63, 3.8) is 0 Å². The summed E-state index contributed by atoms with van der Waals surface area (Å²) < 4.78 is 8.25. The molecule has 3 nitrogen and oxygen atoms in total. The third kappa shape index (κ3) is 35.4. The van der Waals surface area contributed by atoms with E-state index < -0.39 is 0 Å². The standard InChI is InChI=1S/2H2O.O.Sb.Ti.2H/h2*1H2;;;;;. The van der Waals surface area contributed by atoms with E-state index in [1.165, 1.54) is 0 Å². The normalized spacial score (nSPS) is 0.600. The van der Waals surface area contributed by atoms with Gasteiger partial charge < -0.3 is 11.0 Å². The molecule has 4 N–H and O–H groups in total. The molecule has 0 spiro atoms. The first kappa shape index (κ1) is 34.0.